The molecule has 6 nitrogen and oxygen atoms in total. The van der Waals surface area contributed by atoms with Crippen molar-refractivity contribution < 1.29 is 4.74 Å². The summed E-state index contributed by atoms with van der Waals surface area (Å²) < 4.78 is 5.41. The van der Waals surface area contributed by atoms with Crippen molar-refractivity contribution in [3.63, 3.8) is 0 Å². The fraction of sp³-hybridized carbons (Fsp3) is 0.733. The summed E-state index contributed by atoms with van der Waals surface area (Å²) in [4.78, 5) is 11.4. The quantitative estimate of drug-likeness (QED) is 0.801. The minimum atomic E-state index is 0.451. The van der Waals surface area contributed by atoms with Crippen LogP contribution in [0.15, 0.2) is 6.07 Å². The number of piperidine rings is 1. The highest BCUT2D eigenvalue weighted by atomic mass is 16.5. The molecule has 1 aliphatic heterocycles. The molecule has 1 aromatic rings. The molecule has 2 heterocycles. The largest absolute Gasteiger partial charge is 0.374 e. The van der Waals surface area contributed by atoms with Crippen LogP contribution >= 0.6 is 0 Å². The second-order valence-corrected chi connectivity index (χ2v) is 5.32. The van der Waals surface area contributed by atoms with Crippen LogP contribution in [-0.4, -0.2) is 54.2 Å². The standard InChI is InChI=1S/C15H27N5O/c1-4-20-8-6-7-12(10-20)17-14-9-13(16-3)18-15(19-14)11-21-5-2/h9,12H,4-8,10-11H2,1-3H3,(H2,16,17,18,19). The van der Waals surface area contributed by atoms with Gasteiger partial charge in [-0.2, -0.15) is 0 Å². The topological polar surface area (TPSA) is 62.3 Å². The highest BCUT2D eigenvalue weighted by Crippen LogP contribution is 2.17. The normalized spacial score (nSPS) is 19.5. The third-order valence-electron chi connectivity index (χ3n) is 3.77. The Labute approximate surface area is 127 Å². The van der Waals surface area contributed by atoms with Crippen molar-refractivity contribution >= 4 is 11.6 Å². The number of likely N-dealkylation sites (N-methyl/N-ethyl adjacent to an activating group) is 1. The molecular weight excluding hydrogens is 266 g/mol. The van der Waals surface area contributed by atoms with Gasteiger partial charge in [0, 0.05) is 32.3 Å². The monoisotopic (exact) mass is 293 g/mol. The summed E-state index contributed by atoms with van der Waals surface area (Å²) in [5, 5.41) is 6.63. The summed E-state index contributed by atoms with van der Waals surface area (Å²) in [5.74, 6) is 2.42. The van der Waals surface area contributed by atoms with Crippen molar-refractivity contribution in [1.82, 2.24) is 14.9 Å². The Kier molecular flexibility index (Phi) is 6.20. The van der Waals surface area contributed by atoms with Gasteiger partial charge in [0.25, 0.3) is 0 Å². The van der Waals surface area contributed by atoms with E-state index in [-0.39, 0.29) is 0 Å². The first kappa shape index (κ1) is 16.0. The van der Waals surface area contributed by atoms with Gasteiger partial charge in [0.15, 0.2) is 5.82 Å². The van der Waals surface area contributed by atoms with E-state index >= 15 is 0 Å². The van der Waals surface area contributed by atoms with Crippen molar-refractivity contribution in [1.29, 1.82) is 0 Å². The number of anilines is 2. The van der Waals surface area contributed by atoms with E-state index in [1.54, 1.807) is 0 Å². The lowest BCUT2D eigenvalue weighted by Gasteiger charge is -2.32. The molecule has 1 aliphatic rings. The predicted octanol–water partition coefficient (Wildman–Crippen LogP) is 1.95. The molecule has 0 aliphatic carbocycles. The van der Waals surface area contributed by atoms with E-state index in [1.165, 1.54) is 19.4 Å². The van der Waals surface area contributed by atoms with Gasteiger partial charge >= 0.3 is 0 Å². The summed E-state index contributed by atoms with van der Waals surface area (Å²) in [6.07, 6.45) is 2.43. The maximum atomic E-state index is 5.41. The van der Waals surface area contributed by atoms with Crippen LogP contribution in [0.1, 0.15) is 32.5 Å². The summed E-state index contributed by atoms with van der Waals surface area (Å²) in [7, 11) is 1.87. The van der Waals surface area contributed by atoms with Crippen molar-refractivity contribution in [3.05, 3.63) is 11.9 Å². The zero-order valence-electron chi connectivity index (χ0n) is 13.4. The molecule has 0 saturated carbocycles. The number of rotatable bonds is 7. The molecule has 0 spiro atoms. The summed E-state index contributed by atoms with van der Waals surface area (Å²) in [6.45, 7) is 8.70. The molecule has 1 unspecified atom stereocenters. The highest BCUT2D eigenvalue weighted by Gasteiger charge is 2.19. The molecule has 118 valence electrons. The van der Waals surface area contributed by atoms with Gasteiger partial charge in [0.05, 0.1) is 0 Å². The van der Waals surface area contributed by atoms with Crippen LogP contribution in [0.3, 0.4) is 0 Å². The summed E-state index contributed by atoms with van der Waals surface area (Å²) in [6, 6.07) is 2.42. The number of ether oxygens (including phenoxy) is 1. The van der Waals surface area contributed by atoms with Crippen molar-refractivity contribution in [2.75, 3.05) is 43.9 Å². The van der Waals surface area contributed by atoms with Gasteiger partial charge in [0.2, 0.25) is 0 Å². The van der Waals surface area contributed by atoms with Gasteiger partial charge < -0.3 is 20.3 Å². The first-order valence-electron chi connectivity index (χ1n) is 7.87. The van der Waals surface area contributed by atoms with Gasteiger partial charge in [-0.05, 0) is 32.9 Å². The average molecular weight is 293 g/mol. The van der Waals surface area contributed by atoms with Crippen LogP contribution in [0, 0.1) is 0 Å². The van der Waals surface area contributed by atoms with E-state index in [9.17, 15) is 0 Å². The smallest absolute Gasteiger partial charge is 0.158 e. The molecular formula is C15H27N5O. The minimum absolute atomic E-state index is 0.451. The maximum Gasteiger partial charge on any atom is 0.158 e. The number of likely N-dealkylation sites (tertiary alicyclic amines) is 1. The zero-order chi connectivity index (χ0) is 15.1. The fourth-order valence-electron chi connectivity index (χ4n) is 2.63. The molecule has 1 aromatic heterocycles. The van der Waals surface area contributed by atoms with Crippen LogP contribution in [0.5, 0.6) is 0 Å². The molecule has 2 rings (SSSR count). The van der Waals surface area contributed by atoms with Crippen molar-refractivity contribution in [3.8, 4) is 0 Å². The number of nitrogens with one attached hydrogen (secondary N) is 2. The van der Waals surface area contributed by atoms with E-state index < -0.39 is 0 Å². The van der Waals surface area contributed by atoms with Gasteiger partial charge in [-0.1, -0.05) is 6.92 Å². The van der Waals surface area contributed by atoms with Gasteiger partial charge in [-0.25, -0.2) is 9.97 Å². The average Bonchev–Trinajstić information content (AvgIpc) is 2.52. The molecule has 0 amide bonds. The Morgan fingerprint density at radius 3 is 2.86 bits per heavy atom. The Balaban J connectivity index is 2.03. The van der Waals surface area contributed by atoms with Crippen LogP contribution in [-0.2, 0) is 11.3 Å². The highest BCUT2D eigenvalue weighted by molar-refractivity contribution is 5.47. The number of aromatic nitrogens is 2. The van der Waals surface area contributed by atoms with Gasteiger partial charge in [-0.15, -0.1) is 0 Å². The van der Waals surface area contributed by atoms with Crippen LogP contribution in [0.25, 0.3) is 0 Å². The molecule has 0 aromatic carbocycles. The lowest BCUT2D eigenvalue weighted by atomic mass is 10.1. The maximum absolute atomic E-state index is 5.41. The lowest BCUT2D eigenvalue weighted by Crippen LogP contribution is -2.42. The van der Waals surface area contributed by atoms with E-state index in [0.29, 0.717) is 25.1 Å². The van der Waals surface area contributed by atoms with Crippen LogP contribution in [0.2, 0.25) is 0 Å². The summed E-state index contributed by atoms with van der Waals surface area (Å²) in [5.41, 5.74) is 0. The Hall–Kier alpha value is -1.40. The van der Waals surface area contributed by atoms with E-state index in [1.807, 2.05) is 20.0 Å². The Morgan fingerprint density at radius 2 is 2.14 bits per heavy atom. The van der Waals surface area contributed by atoms with Crippen molar-refractivity contribution in [2.24, 2.45) is 0 Å². The molecule has 21 heavy (non-hydrogen) atoms. The summed E-state index contributed by atoms with van der Waals surface area (Å²) >= 11 is 0. The first-order valence-corrected chi connectivity index (χ1v) is 7.87. The SMILES string of the molecule is CCOCc1nc(NC)cc(NC2CCCN(CC)C2)n1. The van der Waals surface area contributed by atoms with Crippen LogP contribution < -0.4 is 10.6 Å². The third-order valence-corrected chi connectivity index (χ3v) is 3.77. The molecule has 6 heteroatoms. The Morgan fingerprint density at radius 1 is 1.33 bits per heavy atom. The number of hydrogen-bond acceptors (Lipinski definition) is 6. The molecule has 1 atom stereocenters. The van der Waals surface area contributed by atoms with Crippen LogP contribution in [0.4, 0.5) is 11.6 Å². The minimum Gasteiger partial charge on any atom is -0.374 e. The molecule has 0 bridgehead atoms. The zero-order valence-corrected chi connectivity index (χ0v) is 13.4. The lowest BCUT2D eigenvalue weighted by molar-refractivity contribution is 0.128. The predicted molar refractivity (Wildman–Crippen MR) is 85.7 cm³/mol. The second kappa shape index (κ2) is 8.14. The van der Waals surface area contributed by atoms with E-state index in [0.717, 1.165) is 24.7 Å². The molecule has 2 N–H and O–H groups in total. The second-order valence-electron chi connectivity index (χ2n) is 5.32. The first-order chi connectivity index (χ1) is 10.2. The van der Waals surface area contributed by atoms with Crippen molar-refractivity contribution in [2.45, 2.75) is 39.3 Å². The van der Waals surface area contributed by atoms with E-state index in [4.69, 9.17) is 4.74 Å². The Bertz CT molecular complexity index is 440. The molecule has 1 saturated heterocycles. The number of hydrogen-bond donors (Lipinski definition) is 2. The third kappa shape index (κ3) is 4.82. The van der Waals surface area contributed by atoms with E-state index in [2.05, 4.69) is 32.4 Å². The molecule has 0 radical (unpaired) electrons. The number of nitrogens with zero attached hydrogens (tertiary/aromatic N) is 3. The molecule has 1 fully saturated rings. The van der Waals surface area contributed by atoms with Gasteiger partial charge in [0.1, 0.15) is 18.2 Å². The fourth-order valence-corrected chi connectivity index (χ4v) is 2.63. The van der Waals surface area contributed by atoms with Gasteiger partial charge in [-0.3, -0.25) is 0 Å².